The molecule has 27 heavy (non-hydrogen) atoms. The predicted molar refractivity (Wildman–Crippen MR) is 98.4 cm³/mol. The minimum atomic E-state index is -0.645. The monoisotopic (exact) mass is 379 g/mol. The van der Waals surface area contributed by atoms with Crippen molar-refractivity contribution in [3.63, 3.8) is 0 Å². The van der Waals surface area contributed by atoms with E-state index in [1.165, 1.54) is 0 Å². The number of amides is 1. The molecule has 9 nitrogen and oxygen atoms in total. The van der Waals surface area contributed by atoms with Crippen LogP contribution in [0.1, 0.15) is 63.9 Å². The van der Waals surface area contributed by atoms with E-state index in [1.807, 2.05) is 0 Å². The van der Waals surface area contributed by atoms with Gasteiger partial charge in [-0.15, -0.1) is 0 Å². The van der Waals surface area contributed by atoms with Crippen molar-refractivity contribution in [2.24, 2.45) is 0 Å². The number of non-ortho nitro benzene ring substituents is 1. The average Bonchev–Trinajstić information content (AvgIpc) is 2.65. The van der Waals surface area contributed by atoms with Gasteiger partial charge in [0.2, 0.25) is 0 Å². The van der Waals surface area contributed by atoms with Crippen LogP contribution in [0.2, 0.25) is 0 Å². The smallest absolute Gasteiger partial charge is 0.407 e. The third-order valence-corrected chi connectivity index (χ3v) is 4.95. The molecule has 0 aromatic heterocycles. The summed E-state index contributed by atoms with van der Waals surface area (Å²) in [6, 6.07) is 3.25. The number of nitro benzene ring substituents is 2. The summed E-state index contributed by atoms with van der Waals surface area (Å²) >= 11 is 0. The Hall–Kier alpha value is -2.71. The van der Waals surface area contributed by atoms with Crippen molar-refractivity contribution in [2.75, 3.05) is 0 Å². The molecule has 0 spiro atoms. The lowest BCUT2D eigenvalue weighted by atomic mass is 9.81. The molecule has 1 saturated carbocycles. The van der Waals surface area contributed by atoms with Crippen molar-refractivity contribution in [1.29, 1.82) is 0 Å². The first-order valence-corrected chi connectivity index (χ1v) is 9.25. The Balaban J connectivity index is 2.06. The number of unbranched alkanes of at least 4 members (excludes halogenated alkanes) is 1. The summed E-state index contributed by atoms with van der Waals surface area (Å²) in [5, 5.41) is 24.5. The Morgan fingerprint density at radius 2 is 1.89 bits per heavy atom. The number of rotatable bonds is 8. The molecule has 1 aromatic rings. The molecule has 0 heterocycles. The summed E-state index contributed by atoms with van der Waals surface area (Å²) in [6.45, 7) is 1.87. The van der Waals surface area contributed by atoms with Crippen LogP contribution < -0.4 is 5.32 Å². The highest BCUT2D eigenvalue weighted by Gasteiger charge is 2.35. The maximum Gasteiger partial charge on any atom is 0.407 e. The molecule has 9 heteroatoms. The fourth-order valence-electron chi connectivity index (χ4n) is 3.50. The number of hydrogen-bond donors (Lipinski definition) is 1. The lowest BCUT2D eigenvalue weighted by Gasteiger charge is -2.36. The minimum Gasteiger partial charge on any atom is -0.443 e. The quantitative estimate of drug-likeness (QED) is 0.519. The zero-order valence-electron chi connectivity index (χ0n) is 15.4. The van der Waals surface area contributed by atoms with Gasteiger partial charge >= 0.3 is 6.09 Å². The number of nitrogens with zero attached hydrogens (tertiary/aromatic N) is 2. The van der Waals surface area contributed by atoms with Crippen LogP contribution in [0.4, 0.5) is 16.2 Å². The van der Waals surface area contributed by atoms with Gasteiger partial charge < -0.3 is 10.1 Å². The van der Waals surface area contributed by atoms with Crippen LogP contribution in [0.5, 0.6) is 0 Å². The van der Waals surface area contributed by atoms with Crippen molar-refractivity contribution in [1.82, 2.24) is 5.32 Å². The third kappa shape index (κ3) is 5.63. The number of nitrogens with one attached hydrogen (secondary N) is 1. The zero-order valence-corrected chi connectivity index (χ0v) is 15.4. The first-order chi connectivity index (χ1) is 12.9. The molecule has 1 aliphatic carbocycles. The van der Waals surface area contributed by atoms with Crippen LogP contribution in [0, 0.1) is 20.2 Å². The van der Waals surface area contributed by atoms with Crippen molar-refractivity contribution < 1.29 is 19.4 Å². The summed E-state index contributed by atoms with van der Waals surface area (Å²) in [4.78, 5) is 33.1. The number of benzene rings is 1. The molecule has 0 saturated heterocycles. The van der Waals surface area contributed by atoms with Crippen molar-refractivity contribution in [3.8, 4) is 0 Å². The Kier molecular flexibility index (Phi) is 7.09. The van der Waals surface area contributed by atoms with Crippen LogP contribution >= 0.6 is 0 Å². The van der Waals surface area contributed by atoms with Crippen LogP contribution in [0.15, 0.2) is 18.2 Å². The largest absolute Gasteiger partial charge is 0.443 e. The van der Waals surface area contributed by atoms with Gasteiger partial charge in [-0.05, 0) is 38.5 Å². The molecule has 1 aromatic carbocycles. The Morgan fingerprint density at radius 3 is 2.48 bits per heavy atom. The van der Waals surface area contributed by atoms with Crippen molar-refractivity contribution in [3.05, 3.63) is 44.0 Å². The van der Waals surface area contributed by atoms with Gasteiger partial charge in [-0.1, -0.05) is 19.8 Å². The van der Waals surface area contributed by atoms with E-state index in [-0.39, 0.29) is 23.5 Å². The third-order valence-electron chi connectivity index (χ3n) is 4.95. The summed E-state index contributed by atoms with van der Waals surface area (Å²) in [5.41, 5.74) is -0.957. The van der Waals surface area contributed by atoms with Crippen LogP contribution in [0.25, 0.3) is 0 Å². The summed E-state index contributed by atoms with van der Waals surface area (Å²) in [5.74, 6) is 0. The molecule has 148 valence electrons. The molecular formula is C18H25N3O6. The SMILES string of the molecule is CCCCC1(OC(=O)NCc2cc([N+](=O)[O-])ccc2[N+](=O)[O-])CCCCC1. The van der Waals surface area contributed by atoms with E-state index in [9.17, 15) is 25.0 Å². The lowest BCUT2D eigenvalue weighted by Crippen LogP contribution is -2.40. The topological polar surface area (TPSA) is 125 Å². The lowest BCUT2D eigenvalue weighted by molar-refractivity contribution is -0.389. The van der Waals surface area contributed by atoms with Gasteiger partial charge in [-0.25, -0.2) is 4.79 Å². The minimum absolute atomic E-state index is 0.0670. The van der Waals surface area contributed by atoms with Crippen LogP contribution in [-0.2, 0) is 11.3 Å². The summed E-state index contributed by atoms with van der Waals surface area (Å²) < 4.78 is 5.73. The van der Waals surface area contributed by atoms with E-state index >= 15 is 0 Å². The second kappa shape index (κ2) is 9.29. The number of carbonyl (C=O) groups is 1. The average molecular weight is 379 g/mol. The van der Waals surface area contributed by atoms with Gasteiger partial charge in [0.05, 0.1) is 22.0 Å². The molecule has 0 aliphatic heterocycles. The first-order valence-electron chi connectivity index (χ1n) is 9.25. The molecule has 0 bridgehead atoms. The molecule has 0 radical (unpaired) electrons. The summed E-state index contributed by atoms with van der Waals surface area (Å²) in [7, 11) is 0. The van der Waals surface area contributed by atoms with Crippen molar-refractivity contribution >= 4 is 17.5 Å². The number of carbonyl (C=O) groups excluding carboxylic acids is 1. The van der Waals surface area contributed by atoms with E-state index in [1.54, 1.807) is 0 Å². The number of hydrogen-bond acceptors (Lipinski definition) is 6. The molecule has 1 N–H and O–H groups in total. The van der Waals surface area contributed by atoms with E-state index in [0.717, 1.165) is 69.6 Å². The van der Waals surface area contributed by atoms with Gasteiger partial charge in [0, 0.05) is 18.2 Å². The molecule has 0 unspecified atom stereocenters. The van der Waals surface area contributed by atoms with Crippen molar-refractivity contribution in [2.45, 2.75) is 70.4 Å². The normalized spacial score (nSPS) is 15.7. The van der Waals surface area contributed by atoms with Crippen LogP contribution in [0.3, 0.4) is 0 Å². The van der Waals surface area contributed by atoms with Crippen LogP contribution in [-0.4, -0.2) is 21.5 Å². The highest BCUT2D eigenvalue weighted by Crippen LogP contribution is 2.36. The van der Waals surface area contributed by atoms with Gasteiger partial charge in [0.25, 0.3) is 11.4 Å². The number of nitro groups is 2. The van der Waals surface area contributed by atoms with Gasteiger partial charge in [-0.3, -0.25) is 20.2 Å². The number of ether oxygens (including phenoxy) is 1. The zero-order chi connectivity index (χ0) is 19.9. The van der Waals surface area contributed by atoms with E-state index in [0.29, 0.717) is 0 Å². The Labute approximate surface area is 157 Å². The van der Waals surface area contributed by atoms with E-state index in [2.05, 4.69) is 12.2 Å². The standard InChI is InChI=1S/C18H25N3O6/c1-2-3-9-18(10-5-4-6-11-18)27-17(22)19-13-14-12-15(20(23)24)7-8-16(14)21(25)26/h7-8,12H,2-6,9-11,13H2,1H3,(H,19,22). The fourth-order valence-corrected chi connectivity index (χ4v) is 3.50. The second-order valence-corrected chi connectivity index (χ2v) is 6.92. The first kappa shape index (κ1) is 20.6. The Morgan fingerprint density at radius 1 is 1.19 bits per heavy atom. The van der Waals surface area contributed by atoms with Gasteiger partial charge in [0.15, 0.2) is 0 Å². The van der Waals surface area contributed by atoms with Gasteiger partial charge in [-0.2, -0.15) is 0 Å². The highest BCUT2D eigenvalue weighted by molar-refractivity contribution is 5.68. The number of alkyl carbamates (subject to hydrolysis) is 1. The molecule has 0 atom stereocenters. The molecular weight excluding hydrogens is 354 g/mol. The molecule has 1 fully saturated rings. The Bertz CT molecular complexity index is 700. The van der Waals surface area contributed by atoms with Gasteiger partial charge in [0.1, 0.15) is 5.60 Å². The van der Waals surface area contributed by atoms with E-state index < -0.39 is 21.5 Å². The predicted octanol–water partition coefficient (Wildman–Crippen LogP) is 4.62. The highest BCUT2D eigenvalue weighted by atomic mass is 16.6. The maximum atomic E-state index is 12.3. The molecule has 1 aliphatic rings. The summed E-state index contributed by atoms with van der Waals surface area (Å²) in [6.07, 6.45) is 6.90. The molecule has 1 amide bonds. The fraction of sp³-hybridized carbons (Fsp3) is 0.611. The molecule has 2 rings (SSSR count). The maximum absolute atomic E-state index is 12.3. The second-order valence-electron chi connectivity index (χ2n) is 6.92. The van der Waals surface area contributed by atoms with E-state index in [4.69, 9.17) is 4.74 Å².